The monoisotopic (exact) mass is 223 g/mol. The van der Waals surface area contributed by atoms with Crippen molar-refractivity contribution in [2.75, 3.05) is 6.61 Å². The van der Waals surface area contributed by atoms with E-state index in [1.54, 1.807) is 0 Å². The Morgan fingerprint density at radius 1 is 1.33 bits per heavy atom. The van der Waals surface area contributed by atoms with Crippen molar-refractivity contribution in [3.8, 4) is 0 Å². The molecule has 5 atom stereocenters. The maximum atomic E-state index is 10.7. The molecule has 0 aromatic heterocycles. The van der Waals surface area contributed by atoms with Gasteiger partial charge in [0, 0.05) is 0 Å². The maximum Gasteiger partial charge on any atom is 0.354 e. The van der Waals surface area contributed by atoms with Gasteiger partial charge in [-0.15, -0.1) is 0 Å². The summed E-state index contributed by atoms with van der Waals surface area (Å²) in [6.45, 7) is -0.725. The Morgan fingerprint density at radius 3 is 2.27 bits per heavy atom. The normalized spacial score (nSPS) is 46.5. The number of aliphatic hydroxyl groups is 4. The van der Waals surface area contributed by atoms with Gasteiger partial charge in [0.05, 0.1) is 6.61 Å². The number of nitrogens with two attached hydrogens (primary N) is 1. The predicted molar refractivity (Wildman–Crippen MR) is 44.5 cm³/mol. The van der Waals surface area contributed by atoms with Gasteiger partial charge < -0.3 is 30.3 Å². The Hall–Kier alpha value is -0.770. The molecule has 8 nitrogen and oxygen atoms in total. The van der Waals surface area contributed by atoms with Crippen LogP contribution in [0.2, 0.25) is 0 Å². The zero-order valence-corrected chi connectivity index (χ0v) is 7.65. The third-order valence-electron chi connectivity index (χ3n) is 2.35. The van der Waals surface area contributed by atoms with Crippen LogP contribution in [0.5, 0.6) is 0 Å². The van der Waals surface area contributed by atoms with E-state index in [1.807, 2.05) is 0 Å². The summed E-state index contributed by atoms with van der Waals surface area (Å²) in [5.74, 6) is -1.69. The molecule has 0 bridgehead atoms. The summed E-state index contributed by atoms with van der Waals surface area (Å²) < 4.78 is 4.65. The van der Waals surface area contributed by atoms with Gasteiger partial charge in [-0.3, -0.25) is 5.73 Å². The van der Waals surface area contributed by atoms with Crippen molar-refractivity contribution in [3.05, 3.63) is 0 Å². The predicted octanol–water partition coefficient (Wildman–Crippen LogP) is -3.80. The van der Waals surface area contributed by atoms with E-state index in [0.717, 1.165) is 0 Å². The summed E-state index contributed by atoms with van der Waals surface area (Å²) >= 11 is 0. The van der Waals surface area contributed by atoms with Crippen LogP contribution < -0.4 is 5.73 Å². The van der Waals surface area contributed by atoms with Gasteiger partial charge in [0.2, 0.25) is 5.72 Å². The van der Waals surface area contributed by atoms with E-state index in [4.69, 9.17) is 15.9 Å². The number of hydrogen-bond acceptors (Lipinski definition) is 7. The summed E-state index contributed by atoms with van der Waals surface area (Å²) in [5, 5.41) is 45.4. The fraction of sp³-hybridized carbons (Fsp3) is 0.857. The molecule has 0 aliphatic carbocycles. The number of carboxylic acids is 1. The first-order valence-corrected chi connectivity index (χ1v) is 4.19. The van der Waals surface area contributed by atoms with E-state index < -0.39 is 42.7 Å². The average Bonchev–Trinajstić information content (AvgIpc) is 2.20. The van der Waals surface area contributed by atoms with Crippen LogP contribution in [0.4, 0.5) is 0 Å². The lowest BCUT2D eigenvalue weighted by Gasteiger charge is -2.43. The molecular weight excluding hydrogens is 210 g/mol. The molecule has 1 aliphatic rings. The van der Waals surface area contributed by atoms with Crippen molar-refractivity contribution in [2.45, 2.75) is 30.1 Å². The Bertz CT molecular complexity index is 258. The molecule has 7 N–H and O–H groups in total. The highest BCUT2D eigenvalue weighted by Crippen LogP contribution is 2.26. The fourth-order valence-electron chi connectivity index (χ4n) is 1.37. The number of aliphatic hydroxyl groups excluding tert-OH is 4. The minimum atomic E-state index is -2.54. The van der Waals surface area contributed by atoms with Crippen LogP contribution in [0, 0.1) is 0 Å². The lowest BCUT2D eigenvalue weighted by atomic mass is 9.91. The Morgan fingerprint density at radius 2 is 1.87 bits per heavy atom. The zero-order valence-electron chi connectivity index (χ0n) is 7.65. The maximum absolute atomic E-state index is 10.7. The molecule has 15 heavy (non-hydrogen) atoms. The molecule has 1 saturated heterocycles. The zero-order chi connectivity index (χ0) is 11.8. The van der Waals surface area contributed by atoms with Crippen molar-refractivity contribution in [1.82, 2.24) is 0 Å². The lowest BCUT2D eigenvalue weighted by molar-refractivity contribution is -0.271. The van der Waals surface area contributed by atoms with E-state index in [0.29, 0.717) is 0 Å². The summed E-state index contributed by atoms with van der Waals surface area (Å²) in [7, 11) is 0. The van der Waals surface area contributed by atoms with Gasteiger partial charge in [0.25, 0.3) is 0 Å². The van der Waals surface area contributed by atoms with Crippen LogP contribution in [0.3, 0.4) is 0 Å². The molecule has 1 aliphatic heterocycles. The first kappa shape index (κ1) is 12.3. The number of hydrogen-bond donors (Lipinski definition) is 6. The van der Waals surface area contributed by atoms with Gasteiger partial charge in [0.15, 0.2) is 0 Å². The van der Waals surface area contributed by atoms with E-state index >= 15 is 0 Å². The van der Waals surface area contributed by atoms with Crippen molar-refractivity contribution in [2.24, 2.45) is 5.73 Å². The quantitative estimate of drug-likeness (QED) is 0.278. The molecule has 8 heteroatoms. The van der Waals surface area contributed by atoms with E-state index in [1.165, 1.54) is 0 Å². The third kappa shape index (κ3) is 1.83. The van der Waals surface area contributed by atoms with Gasteiger partial charge in [-0.25, -0.2) is 4.79 Å². The number of carbonyl (C=O) groups is 1. The van der Waals surface area contributed by atoms with Crippen molar-refractivity contribution in [1.29, 1.82) is 0 Å². The molecule has 0 spiro atoms. The van der Waals surface area contributed by atoms with E-state index in [2.05, 4.69) is 4.74 Å². The van der Waals surface area contributed by atoms with E-state index in [-0.39, 0.29) is 0 Å². The molecule has 1 rings (SSSR count). The molecule has 0 saturated carbocycles. The number of rotatable bonds is 2. The molecule has 88 valence electrons. The second-order valence-corrected chi connectivity index (χ2v) is 3.36. The largest absolute Gasteiger partial charge is 0.478 e. The highest BCUT2D eigenvalue weighted by Gasteiger charge is 2.55. The SMILES string of the molecule is N[C@]1(C(=O)O)O[C@H](CO)C(O)[C@H](O)[C@@H]1O. The number of aliphatic carboxylic acids is 1. The summed E-state index contributed by atoms with van der Waals surface area (Å²) in [5.41, 5.74) is 2.67. The van der Waals surface area contributed by atoms with Crippen LogP contribution in [0.25, 0.3) is 0 Å². The molecule has 1 heterocycles. The highest BCUT2D eigenvalue weighted by atomic mass is 16.6. The Labute approximate surface area is 84.5 Å². The molecule has 1 unspecified atom stereocenters. The summed E-state index contributed by atoms with van der Waals surface area (Å²) in [4.78, 5) is 10.7. The highest BCUT2D eigenvalue weighted by molar-refractivity contribution is 5.77. The fourth-order valence-corrected chi connectivity index (χ4v) is 1.37. The Balaban J connectivity index is 2.97. The van der Waals surface area contributed by atoms with Crippen LogP contribution in [0.15, 0.2) is 0 Å². The van der Waals surface area contributed by atoms with Crippen molar-refractivity contribution >= 4 is 5.97 Å². The molecular formula is C7H13NO7. The second-order valence-electron chi connectivity index (χ2n) is 3.36. The second kappa shape index (κ2) is 4.00. The van der Waals surface area contributed by atoms with Crippen molar-refractivity contribution < 1.29 is 35.1 Å². The topological polar surface area (TPSA) is 153 Å². The van der Waals surface area contributed by atoms with Gasteiger partial charge in [-0.1, -0.05) is 0 Å². The lowest BCUT2D eigenvalue weighted by Crippen LogP contribution is -2.72. The minimum absolute atomic E-state index is 0.725. The smallest absolute Gasteiger partial charge is 0.354 e. The molecule has 0 aromatic rings. The average molecular weight is 223 g/mol. The molecule has 0 amide bonds. The number of ether oxygens (including phenoxy) is 1. The van der Waals surface area contributed by atoms with Crippen LogP contribution in [0.1, 0.15) is 0 Å². The van der Waals surface area contributed by atoms with Gasteiger partial charge >= 0.3 is 5.97 Å². The Kier molecular flexibility index (Phi) is 3.28. The van der Waals surface area contributed by atoms with Gasteiger partial charge in [0.1, 0.15) is 24.4 Å². The summed E-state index contributed by atoms with van der Waals surface area (Å²) in [6, 6.07) is 0. The first-order valence-electron chi connectivity index (χ1n) is 4.19. The summed E-state index contributed by atoms with van der Waals surface area (Å²) in [6.07, 6.45) is -6.73. The minimum Gasteiger partial charge on any atom is -0.478 e. The first-order chi connectivity index (χ1) is 6.84. The standard InChI is InChI=1S/C7H13NO7/c8-7(6(13)14)5(12)4(11)3(10)2(1-9)15-7/h2-5,9-12H,1,8H2,(H,13,14)/t2-,3?,4+,5+,7+/m1/s1. The number of carboxylic acid groups (broad SMARTS) is 1. The van der Waals surface area contributed by atoms with Gasteiger partial charge in [-0.2, -0.15) is 0 Å². The van der Waals surface area contributed by atoms with Gasteiger partial charge in [-0.05, 0) is 0 Å². The van der Waals surface area contributed by atoms with Crippen LogP contribution >= 0.6 is 0 Å². The molecule has 0 aromatic carbocycles. The van der Waals surface area contributed by atoms with Crippen LogP contribution in [-0.2, 0) is 9.53 Å². The molecule has 1 fully saturated rings. The third-order valence-corrected chi connectivity index (χ3v) is 2.35. The molecule has 0 radical (unpaired) electrons. The van der Waals surface area contributed by atoms with E-state index in [9.17, 15) is 20.1 Å². The van der Waals surface area contributed by atoms with Crippen LogP contribution in [-0.4, -0.2) is 68.2 Å². The van der Waals surface area contributed by atoms with Crippen molar-refractivity contribution in [3.63, 3.8) is 0 Å².